The average Bonchev–Trinajstić information content (AvgIpc) is 3.60. The number of ether oxygens (including phenoxy) is 1. The first-order valence-electron chi connectivity index (χ1n) is 12.1. The van der Waals surface area contributed by atoms with Crippen molar-refractivity contribution in [2.24, 2.45) is 11.8 Å². The van der Waals surface area contributed by atoms with Gasteiger partial charge in [-0.15, -0.1) is 0 Å². The van der Waals surface area contributed by atoms with Gasteiger partial charge in [-0.3, -0.25) is 9.59 Å². The van der Waals surface area contributed by atoms with E-state index in [1.165, 1.54) is 4.31 Å². The summed E-state index contributed by atoms with van der Waals surface area (Å²) >= 11 is 0. The lowest BCUT2D eigenvalue weighted by atomic mass is 9.98. The van der Waals surface area contributed by atoms with Gasteiger partial charge in [-0.1, -0.05) is 13.0 Å². The molecule has 1 aromatic rings. The van der Waals surface area contributed by atoms with Crippen LogP contribution in [-0.2, 0) is 24.3 Å². The summed E-state index contributed by atoms with van der Waals surface area (Å²) in [5.74, 6) is -0.333. The molecule has 1 saturated carbocycles. The first-order valence-corrected chi connectivity index (χ1v) is 13.5. The molecule has 3 rings (SSSR count). The Kier molecular flexibility index (Phi) is 8.22. The van der Waals surface area contributed by atoms with Gasteiger partial charge in [0, 0.05) is 26.2 Å². The monoisotopic (exact) mass is 478 g/mol. The molecule has 1 aromatic carbocycles. The molecule has 7 nitrogen and oxygen atoms in total. The van der Waals surface area contributed by atoms with E-state index in [1.807, 2.05) is 40.7 Å². The van der Waals surface area contributed by atoms with E-state index in [0.717, 1.165) is 48.1 Å². The molecule has 1 saturated heterocycles. The number of carbonyl (C=O) groups is 2. The van der Waals surface area contributed by atoms with Gasteiger partial charge in [0.05, 0.1) is 10.8 Å². The number of hydrogen-bond acceptors (Lipinski definition) is 5. The van der Waals surface area contributed by atoms with Crippen molar-refractivity contribution in [2.75, 3.05) is 32.8 Å². The maximum Gasteiger partial charge on any atom is 0.309 e. The van der Waals surface area contributed by atoms with Crippen LogP contribution < -0.4 is 0 Å². The van der Waals surface area contributed by atoms with Crippen LogP contribution >= 0.6 is 0 Å². The molecule has 0 N–H and O–H groups in total. The van der Waals surface area contributed by atoms with Gasteiger partial charge in [-0.25, -0.2) is 8.42 Å². The normalized spacial score (nSPS) is 17.7. The number of hydrogen-bond donors (Lipinski definition) is 0. The number of rotatable bonds is 9. The lowest BCUT2D eigenvalue weighted by molar-refractivity contribution is -0.156. The highest BCUT2D eigenvalue weighted by molar-refractivity contribution is 7.89. The second-order valence-electron chi connectivity index (χ2n) is 9.66. The third-order valence-electron chi connectivity index (χ3n) is 7.04. The van der Waals surface area contributed by atoms with Crippen LogP contribution in [0.3, 0.4) is 0 Å². The Balaban J connectivity index is 1.57. The van der Waals surface area contributed by atoms with Crippen LogP contribution in [0.2, 0.25) is 0 Å². The van der Waals surface area contributed by atoms with Crippen LogP contribution in [0.25, 0.3) is 0 Å². The van der Waals surface area contributed by atoms with E-state index in [9.17, 15) is 18.0 Å². The lowest BCUT2D eigenvalue weighted by Gasteiger charge is -2.31. The van der Waals surface area contributed by atoms with Gasteiger partial charge < -0.3 is 9.64 Å². The van der Waals surface area contributed by atoms with Gasteiger partial charge in [0.1, 0.15) is 0 Å². The van der Waals surface area contributed by atoms with Crippen LogP contribution in [0.1, 0.15) is 61.3 Å². The molecule has 0 spiro atoms. The first-order chi connectivity index (χ1) is 15.6. The van der Waals surface area contributed by atoms with E-state index in [4.69, 9.17) is 4.74 Å². The fraction of sp³-hybridized carbons (Fsp3) is 0.680. The summed E-state index contributed by atoms with van der Waals surface area (Å²) in [7, 11) is -3.65. The molecule has 0 atom stereocenters. The van der Waals surface area contributed by atoms with Crippen LogP contribution in [0.15, 0.2) is 11.0 Å². The van der Waals surface area contributed by atoms with Gasteiger partial charge in [-0.05, 0) is 88.0 Å². The molecule has 2 fully saturated rings. The maximum absolute atomic E-state index is 13.4. The number of esters is 1. The highest BCUT2D eigenvalue weighted by atomic mass is 32.2. The zero-order valence-corrected chi connectivity index (χ0v) is 21.5. The van der Waals surface area contributed by atoms with Gasteiger partial charge in [-0.2, -0.15) is 4.31 Å². The predicted octanol–water partition coefficient (Wildman–Crippen LogP) is 3.51. The third kappa shape index (κ3) is 5.96. The number of amides is 1. The van der Waals surface area contributed by atoms with E-state index < -0.39 is 16.0 Å². The second-order valence-corrected chi connectivity index (χ2v) is 11.5. The molecule has 33 heavy (non-hydrogen) atoms. The Morgan fingerprint density at radius 1 is 1.03 bits per heavy atom. The molecule has 184 valence electrons. The molecule has 1 heterocycles. The fourth-order valence-corrected chi connectivity index (χ4v) is 6.62. The number of aryl methyl sites for hydroxylation is 2. The highest BCUT2D eigenvalue weighted by Crippen LogP contribution is 2.32. The SMILES string of the molecule is CCCN(CC1CC1)C(=O)COC(=O)C1CCN(S(=O)(=O)c2c(C)c(C)cc(C)c2C)CC1. The van der Waals surface area contributed by atoms with Crippen LogP contribution in [0.5, 0.6) is 0 Å². The number of nitrogens with zero attached hydrogens (tertiary/aromatic N) is 2. The Morgan fingerprint density at radius 3 is 2.12 bits per heavy atom. The summed E-state index contributed by atoms with van der Waals surface area (Å²) in [6.07, 6.45) is 4.00. The van der Waals surface area contributed by atoms with Gasteiger partial charge in [0.25, 0.3) is 5.91 Å². The smallest absolute Gasteiger partial charge is 0.309 e. The molecule has 1 aliphatic carbocycles. The van der Waals surface area contributed by atoms with Crippen molar-refractivity contribution in [1.82, 2.24) is 9.21 Å². The highest BCUT2D eigenvalue weighted by Gasteiger charge is 2.35. The van der Waals surface area contributed by atoms with Crippen molar-refractivity contribution in [3.05, 3.63) is 28.3 Å². The fourth-order valence-electron chi connectivity index (χ4n) is 4.57. The van der Waals surface area contributed by atoms with E-state index >= 15 is 0 Å². The van der Waals surface area contributed by atoms with Gasteiger partial charge in [0.15, 0.2) is 6.61 Å². The zero-order valence-electron chi connectivity index (χ0n) is 20.6. The van der Waals surface area contributed by atoms with Gasteiger partial charge in [0.2, 0.25) is 10.0 Å². The van der Waals surface area contributed by atoms with E-state index in [2.05, 4.69) is 0 Å². The van der Waals surface area contributed by atoms with Crippen molar-refractivity contribution in [3.8, 4) is 0 Å². The summed E-state index contributed by atoms with van der Waals surface area (Å²) in [5, 5.41) is 0. The zero-order chi connectivity index (χ0) is 24.3. The van der Waals surface area contributed by atoms with Crippen LogP contribution in [-0.4, -0.2) is 62.3 Å². The van der Waals surface area contributed by atoms with Crippen LogP contribution in [0.4, 0.5) is 0 Å². The van der Waals surface area contributed by atoms with E-state index in [1.54, 1.807) is 4.90 Å². The summed E-state index contributed by atoms with van der Waals surface area (Å²) in [6.45, 7) is 11.3. The summed E-state index contributed by atoms with van der Waals surface area (Å²) in [4.78, 5) is 27.3. The molecule has 0 radical (unpaired) electrons. The van der Waals surface area contributed by atoms with Crippen molar-refractivity contribution >= 4 is 21.9 Å². The second kappa shape index (κ2) is 10.6. The van der Waals surface area contributed by atoms with Crippen molar-refractivity contribution in [3.63, 3.8) is 0 Å². The lowest BCUT2D eigenvalue weighted by Crippen LogP contribution is -2.42. The molecule has 0 bridgehead atoms. The number of piperidine rings is 1. The van der Waals surface area contributed by atoms with Crippen LogP contribution in [0, 0.1) is 39.5 Å². The minimum atomic E-state index is -3.65. The largest absolute Gasteiger partial charge is 0.455 e. The van der Waals surface area contributed by atoms with Crippen molar-refractivity contribution < 1.29 is 22.7 Å². The summed E-state index contributed by atoms with van der Waals surface area (Å²) in [5.41, 5.74) is 3.47. The Bertz CT molecular complexity index is 966. The standard InChI is InChI=1S/C25H38N2O5S/c1-6-11-26(15-21-7-8-21)23(28)16-32-25(29)22-9-12-27(13-10-22)33(30,31)24-19(4)17(2)14-18(3)20(24)5/h14,21-22H,6-13,15-16H2,1-5H3. The molecule has 8 heteroatoms. The third-order valence-corrected chi connectivity index (χ3v) is 9.22. The molecule has 0 aromatic heterocycles. The molecule has 2 aliphatic rings. The Hall–Kier alpha value is -1.93. The molecule has 1 amide bonds. The summed E-state index contributed by atoms with van der Waals surface area (Å²) in [6, 6.07) is 2.01. The molecule has 1 aliphatic heterocycles. The minimum absolute atomic E-state index is 0.141. The number of sulfonamides is 1. The minimum Gasteiger partial charge on any atom is -0.455 e. The topological polar surface area (TPSA) is 84.0 Å². The average molecular weight is 479 g/mol. The van der Waals surface area contributed by atoms with Crippen molar-refractivity contribution in [2.45, 2.75) is 71.6 Å². The Labute approximate surface area is 198 Å². The number of benzene rings is 1. The van der Waals surface area contributed by atoms with E-state index in [0.29, 0.717) is 30.2 Å². The quantitative estimate of drug-likeness (QED) is 0.507. The molecular weight excluding hydrogens is 440 g/mol. The Morgan fingerprint density at radius 2 is 1.61 bits per heavy atom. The number of carbonyl (C=O) groups excluding carboxylic acids is 2. The van der Waals surface area contributed by atoms with Crippen molar-refractivity contribution in [1.29, 1.82) is 0 Å². The molecule has 0 unspecified atom stereocenters. The van der Waals surface area contributed by atoms with E-state index in [-0.39, 0.29) is 31.5 Å². The first kappa shape index (κ1) is 25.7. The summed E-state index contributed by atoms with van der Waals surface area (Å²) < 4.78 is 33.7. The van der Waals surface area contributed by atoms with Gasteiger partial charge >= 0.3 is 5.97 Å². The maximum atomic E-state index is 13.4. The predicted molar refractivity (Wildman–Crippen MR) is 127 cm³/mol. The molecular formula is C25H38N2O5S.